The second kappa shape index (κ2) is 8.09. The van der Waals surface area contributed by atoms with Crippen LogP contribution in [0.2, 0.25) is 0 Å². The number of benzene rings is 1. The van der Waals surface area contributed by atoms with Gasteiger partial charge in [0.2, 0.25) is 10.0 Å². The van der Waals surface area contributed by atoms with E-state index in [1.165, 1.54) is 11.0 Å². The highest BCUT2D eigenvalue weighted by molar-refractivity contribution is 7.89. The Morgan fingerprint density at radius 1 is 1.25 bits per heavy atom. The molecular weight excluding hydrogens is 376 g/mol. The summed E-state index contributed by atoms with van der Waals surface area (Å²) in [4.78, 5) is 14.7. The smallest absolute Gasteiger partial charge is 0.254 e. The van der Waals surface area contributed by atoms with Crippen molar-refractivity contribution in [1.82, 2.24) is 9.21 Å². The summed E-state index contributed by atoms with van der Waals surface area (Å²) in [7, 11) is -1.95. The standard InChI is InChI=1S/C21H28N2O4S/c1-15-7-9-23(10-8-15)28(25,26)20-13-18(12-16(2)17(20)3)21(24)22(4)14-19-6-5-11-27-19/h5-6,11-13,15H,7-10,14H2,1-4H3. The van der Waals surface area contributed by atoms with Gasteiger partial charge in [0.25, 0.3) is 5.91 Å². The molecule has 0 saturated carbocycles. The van der Waals surface area contributed by atoms with Crippen molar-refractivity contribution in [2.75, 3.05) is 20.1 Å². The van der Waals surface area contributed by atoms with E-state index in [0.717, 1.165) is 18.4 Å². The Kier molecular flexibility index (Phi) is 5.95. The van der Waals surface area contributed by atoms with Gasteiger partial charge in [-0.3, -0.25) is 4.79 Å². The molecule has 28 heavy (non-hydrogen) atoms. The van der Waals surface area contributed by atoms with E-state index < -0.39 is 10.0 Å². The molecule has 1 saturated heterocycles. The van der Waals surface area contributed by atoms with Gasteiger partial charge in [-0.1, -0.05) is 6.92 Å². The number of carbonyl (C=O) groups excluding carboxylic acids is 1. The highest BCUT2D eigenvalue weighted by atomic mass is 32.2. The monoisotopic (exact) mass is 404 g/mol. The number of carbonyl (C=O) groups is 1. The Bertz CT molecular complexity index is 943. The summed E-state index contributed by atoms with van der Waals surface area (Å²) in [6, 6.07) is 6.86. The maximum atomic E-state index is 13.3. The minimum absolute atomic E-state index is 0.233. The Morgan fingerprint density at radius 3 is 2.54 bits per heavy atom. The third kappa shape index (κ3) is 4.15. The van der Waals surface area contributed by atoms with Crippen LogP contribution in [-0.4, -0.2) is 43.7 Å². The number of amides is 1. The first-order valence-corrected chi connectivity index (χ1v) is 11.0. The van der Waals surface area contributed by atoms with E-state index in [9.17, 15) is 13.2 Å². The lowest BCUT2D eigenvalue weighted by Crippen LogP contribution is -2.38. The van der Waals surface area contributed by atoms with Gasteiger partial charge in [0, 0.05) is 25.7 Å². The first kappa shape index (κ1) is 20.6. The van der Waals surface area contributed by atoms with Crippen molar-refractivity contribution in [1.29, 1.82) is 0 Å². The SMILES string of the molecule is Cc1cc(C(=O)N(C)Cc2ccco2)cc(S(=O)(=O)N2CCC(C)CC2)c1C. The second-order valence-electron chi connectivity index (χ2n) is 7.74. The van der Waals surface area contributed by atoms with E-state index in [-0.39, 0.29) is 10.8 Å². The Labute approximate surface area is 167 Å². The van der Waals surface area contributed by atoms with Gasteiger partial charge in [-0.2, -0.15) is 4.31 Å². The number of aryl methyl sites for hydroxylation is 1. The van der Waals surface area contributed by atoms with Crippen LogP contribution in [0.5, 0.6) is 0 Å². The summed E-state index contributed by atoms with van der Waals surface area (Å²) in [6.07, 6.45) is 3.29. The molecule has 3 rings (SSSR count). The molecule has 1 fully saturated rings. The molecule has 7 heteroatoms. The summed E-state index contributed by atoms with van der Waals surface area (Å²) in [5, 5.41) is 0. The van der Waals surface area contributed by atoms with Crippen molar-refractivity contribution in [2.45, 2.75) is 45.1 Å². The normalized spacial score (nSPS) is 16.3. The fourth-order valence-electron chi connectivity index (χ4n) is 3.51. The van der Waals surface area contributed by atoms with Crippen LogP contribution >= 0.6 is 0 Å². The molecule has 0 radical (unpaired) electrons. The molecule has 1 amide bonds. The minimum Gasteiger partial charge on any atom is -0.467 e. The summed E-state index contributed by atoms with van der Waals surface area (Å²) in [5.74, 6) is 0.982. The maximum absolute atomic E-state index is 13.3. The van der Waals surface area contributed by atoms with E-state index >= 15 is 0 Å². The van der Waals surface area contributed by atoms with Gasteiger partial charge < -0.3 is 9.32 Å². The lowest BCUT2D eigenvalue weighted by Gasteiger charge is -2.30. The molecule has 0 bridgehead atoms. The van der Waals surface area contributed by atoms with Crippen LogP contribution < -0.4 is 0 Å². The molecule has 1 aliphatic rings. The first-order valence-electron chi connectivity index (χ1n) is 9.59. The topological polar surface area (TPSA) is 70.8 Å². The highest BCUT2D eigenvalue weighted by Gasteiger charge is 2.30. The number of hydrogen-bond donors (Lipinski definition) is 0. The van der Waals surface area contributed by atoms with Gasteiger partial charge in [-0.15, -0.1) is 0 Å². The second-order valence-corrected chi connectivity index (χ2v) is 9.65. The largest absolute Gasteiger partial charge is 0.467 e. The summed E-state index contributed by atoms with van der Waals surface area (Å²) < 4.78 is 33.4. The zero-order chi connectivity index (χ0) is 20.5. The molecule has 1 aliphatic heterocycles. The average Bonchev–Trinajstić information content (AvgIpc) is 3.16. The summed E-state index contributed by atoms with van der Waals surface area (Å²) >= 11 is 0. The Balaban J connectivity index is 1.91. The summed E-state index contributed by atoms with van der Waals surface area (Å²) in [5.41, 5.74) is 1.87. The zero-order valence-electron chi connectivity index (χ0n) is 16.9. The van der Waals surface area contributed by atoms with E-state index in [0.29, 0.717) is 42.4 Å². The van der Waals surface area contributed by atoms with Crippen LogP contribution in [0.4, 0.5) is 0 Å². The van der Waals surface area contributed by atoms with E-state index in [2.05, 4.69) is 6.92 Å². The number of hydrogen-bond acceptors (Lipinski definition) is 4. The number of sulfonamides is 1. The van der Waals surface area contributed by atoms with Crippen molar-refractivity contribution < 1.29 is 17.6 Å². The predicted molar refractivity (Wildman–Crippen MR) is 108 cm³/mol. The maximum Gasteiger partial charge on any atom is 0.254 e. The average molecular weight is 405 g/mol. The molecule has 1 aromatic heterocycles. The third-order valence-corrected chi connectivity index (χ3v) is 7.57. The van der Waals surface area contributed by atoms with Crippen LogP contribution in [0.3, 0.4) is 0 Å². The predicted octanol–water partition coefficient (Wildman–Crippen LogP) is 3.59. The number of nitrogens with zero attached hydrogens (tertiary/aromatic N) is 2. The summed E-state index contributed by atoms with van der Waals surface area (Å²) in [6.45, 7) is 7.17. The quantitative estimate of drug-likeness (QED) is 0.764. The van der Waals surface area contributed by atoms with Crippen molar-refractivity contribution in [2.24, 2.45) is 5.92 Å². The number of piperidine rings is 1. The molecular formula is C21H28N2O4S. The van der Waals surface area contributed by atoms with Crippen LogP contribution in [0.25, 0.3) is 0 Å². The molecule has 0 atom stereocenters. The molecule has 6 nitrogen and oxygen atoms in total. The van der Waals surface area contributed by atoms with Gasteiger partial charge >= 0.3 is 0 Å². The van der Waals surface area contributed by atoms with E-state index in [1.54, 1.807) is 42.7 Å². The van der Waals surface area contributed by atoms with Crippen molar-refractivity contribution in [3.8, 4) is 0 Å². The molecule has 152 valence electrons. The van der Waals surface area contributed by atoms with Crippen LogP contribution in [0.1, 0.15) is 47.0 Å². The van der Waals surface area contributed by atoms with E-state index in [1.807, 2.05) is 6.92 Å². The van der Waals surface area contributed by atoms with Crippen molar-refractivity contribution in [3.63, 3.8) is 0 Å². The number of furan rings is 1. The molecule has 0 aliphatic carbocycles. The lowest BCUT2D eigenvalue weighted by molar-refractivity contribution is 0.0775. The van der Waals surface area contributed by atoms with Crippen molar-refractivity contribution >= 4 is 15.9 Å². The van der Waals surface area contributed by atoms with Gasteiger partial charge in [-0.25, -0.2) is 8.42 Å². The van der Waals surface area contributed by atoms with Crippen LogP contribution in [0.15, 0.2) is 39.8 Å². The Morgan fingerprint density at radius 2 is 1.93 bits per heavy atom. The van der Waals surface area contributed by atoms with Crippen LogP contribution in [-0.2, 0) is 16.6 Å². The molecule has 0 N–H and O–H groups in total. The van der Waals surface area contributed by atoms with E-state index in [4.69, 9.17) is 4.42 Å². The molecule has 2 heterocycles. The number of rotatable bonds is 5. The zero-order valence-corrected chi connectivity index (χ0v) is 17.8. The Hall–Kier alpha value is -2.12. The fraction of sp³-hybridized carbons (Fsp3) is 0.476. The molecule has 2 aromatic rings. The minimum atomic E-state index is -3.63. The van der Waals surface area contributed by atoms with Gasteiger partial charge in [0.05, 0.1) is 17.7 Å². The third-order valence-electron chi connectivity index (χ3n) is 5.55. The van der Waals surface area contributed by atoms with Crippen LogP contribution in [0, 0.1) is 19.8 Å². The molecule has 0 unspecified atom stereocenters. The van der Waals surface area contributed by atoms with Crippen molar-refractivity contribution in [3.05, 3.63) is 53.0 Å². The van der Waals surface area contributed by atoms with Gasteiger partial charge in [-0.05, 0) is 68.0 Å². The molecule has 1 aromatic carbocycles. The first-order chi connectivity index (χ1) is 13.2. The highest BCUT2D eigenvalue weighted by Crippen LogP contribution is 2.28. The van der Waals surface area contributed by atoms with Gasteiger partial charge in [0.1, 0.15) is 5.76 Å². The van der Waals surface area contributed by atoms with Gasteiger partial charge in [0.15, 0.2) is 0 Å². The fourth-order valence-corrected chi connectivity index (χ4v) is 5.30. The molecule has 0 spiro atoms. The lowest BCUT2D eigenvalue weighted by atomic mass is 10.0.